The van der Waals surface area contributed by atoms with Crippen molar-refractivity contribution in [3.8, 4) is 0 Å². The Hall–Kier alpha value is -7.93. The van der Waals surface area contributed by atoms with E-state index in [0.29, 0.717) is 30.6 Å². The van der Waals surface area contributed by atoms with E-state index in [4.69, 9.17) is 28.7 Å². The Morgan fingerprint density at radius 1 is 0.442 bits per heavy atom. The summed E-state index contributed by atoms with van der Waals surface area (Å²) in [6, 6.07) is -7.15. The number of benzene rings is 1. The van der Waals surface area contributed by atoms with Gasteiger partial charge in [-0.1, -0.05) is 71.9 Å². The SMILES string of the molecule is CSCC[C@H](N)C(=O)N[C@@H](CCCCN)C(=O)N[C@@H](CC(=O)O)C(=O)N[C@@H](CC(C)C)C(=O)N[C@@H](CC(C)C)C(=O)N[C@@H](CC(N)=O)C(=O)N[C@@H](CC(C)C)C(=O)N[C@@H](Cc1ccccc1)C(=O)N[C@@H](CC(N)=O)C(=O)N[C@@H](CCC(N)=O)C(=O)O. The molecule has 21 N–H and O–H groups in total. The molecule has 1 rings (SSSR count). The molecule has 0 radical (unpaired) electrons. The van der Waals surface area contributed by atoms with Gasteiger partial charge >= 0.3 is 11.9 Å². The predicted octanol–water partition coefficient (Wildman–Crippen LogP) is -3.48. The second kappa shape index (κ2) is 39.6. The molecule has 0 aromatic heterocycles. The number of thioether (sulfide) groups is 1. The number of hydrogen-bond donors (Lipinski definition) is 16. The summed E-state index contributed by atoms with van der Waals surface area (Å²) in [7, 11) is 0. The molecule has 0 fully saturated rings. The van der Waals surface area contributed by atoms with Crippen LogP contribution < -0.4 is 76.5 Å². The zero-order valence-electron chi connectivity index (χ0n) is 49.9. The fourth-order valence-electron chi connectivity index (χ4n) is 8.51. The number of amides is 12. The minimum absolute atomic E-state index is 0.0615. The molecule has 30 nitrogen and oxygen atoms in total. The Bertz CT molecular complexity index is 2490. The molecule has 0 aliphatic rings. The number of aliphatic carboxylic acids is 2. The van der Waals surface area contributed by atoms with Gasteiger partial charge in [0, 0.05) is 12.8 Å². The van der Waals surface area contributed by atoms with Crippen molar-refractivity contribution < 1.29 is 77.3 Å². The molecule has 0 spiro atoms. The first kappa shape index (κ1) is 76.1. The lowest BCUT2D eigenvalue weighted by atomic mass is 9.99. The van der Waals surface area contributed by atoms with Gasteiger partial charge in [0.15, 0.2) is 0 Å². The van der Waals surface area contributed by atoms with Gasteiger partial charge in [-0.05, 0) is 93.2 Å². The first-order valence-electron chi connectivity index (χ1n) is 28.3. The Morgan fingerprint density at radius 3 is 1.17 bits per heavy atom. The van der Waals surface area contributed by atoms with E-state index in [9.17, 15) is 77.3 Å². The Labute approximate surface area is 504 Å². The predicted molar refractivity (Wildman–Crippen MR) is 316 cm³/mol. The summed E-state index contributed by atoms with van der Waals surface area (Å²) in [4.78, 5) is 185. The summed E-state index contributed by atoms with van der Waals surface area (Å²) < 4.78 is 0. The van der Waals surface area contributed by atoms with Crippen LogP contribution in [0.25, 0.3) is 0 Å². The van der Waals surface area contributed by atoms with Crippen LogP contribution in [0.2, 0.25) is 0 Å². The summed E-state index contributed by atoms with van der Waals surface area (Å²) >= 11 is 1.46. The highest BCUT2D eigenvalue weighted by molar-refractivity contribution is 7.98. The number of unbranched alkanes of at least 4 members (excludes halogenated alkanes) is 1. The van der Waals surface area contributed by atoms with Crippen LogP contribution in [0.3, 0.4) is 0 Å². The third-order valence-corrected chi connectivity index (χ3v) is 13.5. The number of carboxylic acids is 2. The van der Waals surface area contributed by atoms with Crippen LogP contribution in [-0.4, -0.2) is 172 Å². The van der Waals surface area contributed by atoms with Crippen molar-refractivity contribution in [3.63, 3.8) is 0 Å². The van der Waals surface area contributed by atoms with Crippen molar-refractivity contribution in [2.24, 2.45) is 46.4 Å². The quantitative estimate of drug-likeness (QED) is 0.0282. The number of primary amides is 3. The molecule has 0 saturated carbocycles. The largest absolute Gasteiger partial charge is 0.481 e. The van der Waals surface area contributed by atoms with Crippen LogP contribution in [0.15, 0.2) is 30.3 Å². The van der Waals surface area contributed by atoms with E-state index in [2.05, 4.69) is 47.9 Å². The average Bonchev–Trinajstić information content (AvgIpc) is 3.53. The van der Waals surface area contributed by atoms with Crippen molar-refractivity contribution >= 4 is 94.6 Å². The van der Waals surface area contributed by atoms with E-state index in [-0.39, 0.29) is 56.4 Å². The topological polar surface area (TPSA) is 518 Å². The maximum atomic E-state index is 14.3. The fourth-order valence-corrected chi connectivity index (χ4v) is 9.00. The molecule has 0 aliphatic carbocycles. The summed E-state index contributed by atoms with van der Waals surface area (Å²) in [5, 5.41) is 41.5. The lowest BCUT2D eigenvalue weighted by Gasteiger charge is -2.29. The summed E-state index contributed by atoms with van der Waals surface area (Å²) in [6.07, 6.45) is -1.03. The van der Waals surface area contributed by atoms with Crippen molar-refractivity contribution in [2.75, 3.05) is 18.6 Å². The molecule has 86 heavy (non-hydrogen) atoms. The molecular formula is C55H90N14O16S. The van der Waals surface area contributed by atoms with Gasteiger partial charge in [-0.2, -0.15) is 11.8 Å². The smallest absolute Gasteiger partial charge is 0.326 e. The van der Waals surface area contributed by atoms with Crippen molar-refractivity contribution in [1.29, 1.82) is 0 Å². The van der Waals surface area contributed by atoms with Crippen molar-refractivity contribution in [2.45, 2.75) is 185 Å². The molecule has 0 saturated heterocycles. The van der Waals surface area contributed by atoms with Gasteiger partial charge in [-0.15, -0.1) is 0 Å². The Balaban J connectivity index is 3.60. The van der Waals surface area contributed by atoms with Crippen molar-refractivity contribution in [1.82, 2.24) is 47.9 Å². The summed E-state index contributed by atoms with van der Waals surface area (Å²) in [5.41, 5.74) is 28.2. The maximum absolute atomic E-state index is 14.3. The average molecular weight is 1240 g/mol. The number of hydrogen-bond acceptors (Lipinski definition) is 17. The van der Waals surface area contributed by atoms with Gasteiger partial charge in [-0.25, -0.2) is 4.79 Å². The highest BCUT2D eigenvalue weighted by Crippen LogP contribution is 2.14. The van der Waals surface area contributed by atoms with Gasteiger partial charge in [0.1, 0.15) is 54.4 Å². The summed E-state index contributed by atoms with van der Waals surface area (Å²) in [5.74, 6) is -15.5. The third-order valence-electron chi connectivity index (χ3n) is 12.9. The lowest BCUT2D eigenvalue weighted by Crippen LogP contribution is -2.61. The normalized spacial score (nSPS) is 14.7. The van der Waals surface area contributed by atoms with Crippen LogP contribution >= 0.6 is 11.8 Å². The van der Waals surface area contributed by atoms with Crippen LogP contribution in [-0.2, 0) is 73.5 Å². The second-order valence-corrected chi connectivity index (χ2v) is 23.1. The number of carbonyl (C=O) groups excluding carboxylic acids is 12. The fraction of sp³-hybridized carbons (Fsp3) is 0.636. The van der Waals surface area contributed by atoms with Crippen LogP contribution in [0.4, 0.5) is 0 Å². The van der Waals surface area contributed by atoms with Crippen LogP contribution in [0, 0.1) is 17.8 Å². The number of nitrogens with one attached hydrogen (secondary N) is 9. The molecule has 482 valence electrons. The van der Waals surface area contributed by atoms with Gasteiger partial charge in [0.25, 0.3) is 0 Å². The number of carbonyl (C=O) groups is 14. The molecule has 0 unspecified atom stereocenters. The molecule has 1 aromatic carbocycles. The first-order chi connectivity index (χ1) is 40.3. The van der Waals surface area contributed by atoms with Crippen LogP contribution in [0.5, 0.6) is 0 Å². The number of carboxylic acid groups (broad SMARTS) is 2. The van der Waals surface area contributed by atoms with E-state index in [1.54, 1.807) is 71.9 Å². The first-order valence-corrected chi connectivity index (χ1v) is 29.7. The minimum Gasteiger partial charge on any atom is -0.481 e. The van der Waals surface area contributed by atoms with E-state index in [0.717, 1.165) is 0 Å². The van der Waals surface area contributed by atoms with Gasteiger partial charge < -0.3 is 86.7 Å². The molecule has 31 heteroatoms. The minimum atomic E-state index is -1.80. The van der Waals surface area contributed by atoms with Crippen molar-refractivity contribution in [3.05, 3.63) is 35.9 Å². The zero-order valence-corrected chi connectivity index (χ0v) is 50.7. The third kappa shape index (κ3) is 30.8. The van der Waals surface area contributed by atoms with E-state index < -0.39 is 175 Å². The Kier molecular flexibility index (Phi) is 35.1. The van der Waals surface area contributed by atoms with Gasteiger partial charge in [0.05, 0.1) is 25.3 Å². The molecule has 0 heterocycles. The number of rotatable bonds is 43. The van der Waals surface area contributed by atoms with E-state index >= 15 is 0 Å². The molecule has 0 aliphatic heterocycles. The van der Waals surface area contributed by atoms with E-state index in [1.165, 1.54) is 11.8 Å². The zero-order chi connectivity index (χ0) is 65.4. The maximum Gasteiger partial charge on any atom is 0.326 e. The second-order valence-electron chi connectivity index (χ2n) is 22.1. The Morgan fingerprint density at radius 2 is 0.802 bits per heavy atom. The van der Waals surface area contributed by atoms with Gasteiger partial charge in [-0.3, -0.25) is 62.3 Å². The number of nitrogens with two attached hydrogens (primary N) is 5. The molecule has 10 atom stereocenters. The molecule has 0 bridgehead atoms. The highest BCUT2D eigenvalue weighted by atomic mass is 32.2. The van der Waals surface area contributed by atoms with Gasteiger partial charge in [0.2, 0.25) is 70.9 Å². The monoisotopic (exact) mass is 1230 g/mol. The van der Waals surface area contributed by atoms with Crippen LogP contribution in [0.1, 0.15) is 124 Å². The lowest BCUT2D eigenvalue weighted by molar-refractivity contribution is -0.143. The summed E-state index contributed by atoms with van der Waals surface area (Å²) in [6.45, 7) is 10.5. The highest BCUT2D eigenvalue weighted by Gasteiger charge is 2.37. The molecule has 1 aromatic rings. The molecular weight excluding hydrogens is 1140 g/mol. The standard InChI is InChI=1S/C55H90N14O16S/c1-28(2)21-35(65-54(83)41(27-45(73)74)69-47(76)33(15-11-12-19-56)61-46(75)32(57)18-20-86-7)48(77)63-37(23-30(5)6)50(79)67-40(26-44(60)72)53(82)64-36(22-29(3)4)49(78)66-38(24-31-13-9-8-10-14-31)51(80)68-39(25-43(59)71)52(81)62-34(55(84)85)16-17-42(58)70/h8-10,13-14,28-30,32-41H,11-12,15-27,56-57H2,1-7H3,(H2,58,70)(H2,59,71)(H2,60,72)(H,61,75)(H,62,81)(H,63,77)(H,64,82)(H,65,83)(H,66,78)(H,67,79)(H,68,80)(H,69,76)(H,73,74)(H,84,85)/t32-,33-,34-,35-,36-,37-,38-,39-,40-,41-/m0/s1. The molecule has 12 amide bonds. The van der Waals surface area contributed by atoms with E-state index in [1.807, 2.05) is 6.26 Å².